The predicted molar refractivity (Wildman–Crippen MR) is 134 cm³/mol. The van der Waals surface area contributed by atoms with E-state index < -0.39 is 0 Å². The van der Waals surface area contributed by atoms with Crippen LogP contribution in [0.1, 0.15) is 0 Å². The molecule has 5 rings (SSSR count). The van der Waals surface area contributed by atoms with E-state index in [2.05, 4.69) is 88.7 Å². The summed E-state index contributed by atoms with van der Waals surface area (Å²) in [5.41, 5.74) is 4.09. The lowest BCUT2D eigenvalue weighted by Gasteiger charge is -2.34. The summed E-state index contributed by atoms with van der Waals surface area (Å²) in [5, 5.41) is 7.74. The molecule has 0 spiro atoms. The Bertz CT molecular complexity index is 1220. The fourth-order valence-electron chi connectivity index (χ4n) is 3.75. The molecule has 2 N–H and O–H groups in total. The van der Waals surface area contributed by atoms with Crippen LogP contribution in [0.2, 0.25) is 0 Å². The first-order chi connectivity index (χ1) is 15.6. The Balaban J connectivity index is 1.30. The fraction of sp³-hybridized carbons (Fsp3) is 0.208. The van der Waals surface area contributed by atoms with Gasteiger partial charge in [0.1, 0.15) is 5.82 Å². The minimum absolute atomic E-state index is 0.533. The van der Waals surface area contributed by atoms with Gasteiger partial charge in [-0.1, -0.05) is 6.07 Å². The number of likely N-dealkylation sites (N-methyl/N-ethyl adjacent to an activating group) is 1. The zero-order valence-corrected chi connectivity index (χ0v) is 19.4. The Morgan fingerprint density at radius 2 is 1.66 bits per heavy atom. The Morgan fingerprint density at radius 1 is 0.875 bits per heavy atom. The highest BCUT2D eigenvalue weighted by Crippen LogP contribution is 2.27. The molecule has 2 aromatic carbocycles. The molecule has 7 nitrogen and oxygen atoms in total. The van der Waals surface area contributed by atoms with Gasteiger partial charge in [-0.15, -0.1) is 0 Å². The maximum Gasteiger partial charge on any atom is 0.229 e. The number of halogens is 1. The number of pyridine rings is 1. The molecule has 3 heterocycles. The number of hydrogen-bond acceptors (Lipinski definition) is 7. The van der Waals surface area contributed by atoms with Crippen LogP contribution in [0, 0.1) is 0 Å². The molecule has 1 fully saturated rings. The van der Waals surface area contributed by atoms with E-state index in [0.29, 0.717) is 11.8 Å². The molecular weight excluding hydrogens is 466 g/mol. The van der Waals surface area contributed by atoms with Crippen LogP contribution in [0.25, 0.3) is 10.9 Å². The normalized spacial score (nSPS) is 14.5. The van der Waals surface area contributed by atoms with Crippen LogP contribution in [0.15, 0.2) is 71.5 Å². The van der Waals surface area contributed by atoms with Gasteiger partial charge >= 0.3 is 0 Å². The van der Waals surface area contributed by atoms with Crippen molar-refractivity contribution in [3.63, 3.8) is 0 Å². The average Bonchev–Trinajstić information content (AvgIpc) is 2.82. The summed E-state index contributed by atoms with van der Waals surface area (Å²) in [6.07, 6.45) is 3.55. The molecule has 0 bridgehead atoms. The molecule has 8 heteroatoms. The molecule has 0 radical (unpaired) electrons. The van der Waals surface area contributed by atoms with Crippen molar-refractivity contribution in [1.29, 1.82) is 0 Å². The zero-order valence-electron chi connectivity index (χ0n) is 17.8. The lowest BCUT2D eigenvalue weighted by atomic mass is 10.2. The van der Waals surface area contributed by atoms with Gasteiger partial charge in [-0.05, 0) is 71.5 Å². The van der Waals surface area contributed by atoms with E-state index in [1.165, 1.54) is 5.69 Å². The van der Waals surface area contributed by atoms with E-state index in [9.17, 15) is 0 Å². The van der Waals surface area contributed by atoms with E-state index in [1.54, 1.807) is 12.4 Å². The number of aromatic nitrogens is 3. The third kappa shape index (κ3) is 4.66. The molecule has 0 saturated carbocycles. The summed E-state index contributed by atoms with van der Waals surface area (Å²) in [7, 11) is 2.17. The van der Waals surface area contributed by atoms with Gasteiger partial charge in [0, 0.05) is 61.0 Å². The van der Waals surface area contributed by atoms with Crippen LogP contribution >= 0.6 is 15.9 Å². The third-order valence-electron chi connectivity index (χ3n) is 5.60. The lowest BCUT2D eigenvalue weighted by molar-refractivity contribution is 0.313. The van der Waals surface area contributed by atoms with Crippen molar-refractivity contribution in [1.82, 2.24) is 19.9 Å². The van der Waals surface area contributed by atoms with Gasteiger partial charge in [-0.3, -0.25) is 4.98 Å². The number of fused-ring (bicyclic) bond motifs is 1. The molecule has 0 atom stereocenters. The first-order valence-corrected chi connectivity index (χ1v) is 11.4. The van der Waals surface area contributed by atoms with E-state index in [0.717, 1.165) is 52.9 Å². The smallest absolute Gasteiger partial charge is 0.229 e. The van der Waals surface area contributed by atoms with E-state index >= 15 is 0 Å². The molecule has 0 unspecified atom stereocenters. The zero-order chi connectivity index (χ0) is 21.9. The summed E-state index contributed by atoms with van der Waals surface area (Å²) in [6, 6.07) is 18.5. The summed E-state index contributed by atoms with van der Waals surface area (Å²) in [6.45, 7) is 4.30. The number of benzene rings is 2. The number of rotatable bonds is 5. The maximum absolute atomic E-state index is 4.65. The van der Waals surface area contributed by atoms with Crippen molar-refractivity contribution in [2.75, 3.05) is 48.8 Å². The summed E-state index contributed by atoms with van der Waals surface area (Å²) < 4.78 is 0.791. The Hall–Kier alpha value is -3.23. The van der Waals surface area contributed by atoms with Gasteiger partial charge in [-0.25, -0.2) is 4.98 Å². The largest absolute Gasteiger partial charge is 0.369 e. The van der Waals surface area contributed by atoms with Crippen LogP contribution in [0.3, 0.4) is 0 Å². The molecule has 0 amide bonds. The molecule has 32 heavy (non-hydrogen) atoms. The van der Waals surface area contributed by atoms with Crippen LogP contribution in [0.4, 0.5) is 28.8 Å². The number of piperazine rings is 1. The van der Waals surface area contributed by atoms with Crippen LogP contribution < -0.4 is 15.5 Å². The van der Waals surface area contributed by atoms with Gasteiger partial charge < -0.3 is 20.4 Å². The molecule has 2 aromatic heterocycles. The Morgan fingerprint density at radius 3 is 2.47 bits per heavy atom. The van der Waals surface area contributed by atoms with Gasteiger partial charge in [0.05, 0.1) is 9.99 Å². The van der Waals surface area contributed by atoms with E-state index in [-0.39, 0.29) is 0 Å². The number of anilines is 5. The topological polar surface area (TPSA) is 69.2 Å². The first-order valence-electron chi connectivity index (χ1n) is 10.6. The highest BCUT2D eigenvalue weighted by molar-refractivity contribution is 9.10. The summed E-state index contributed by atoms with van der Waals surface area (Å²) in [5.74, 6) is 1.23. The fourth-order valence-corrected chi connectivity index (χ4v) is 4.04. The lowest BCUT2D eigenvalue weighted by Crippen LogP contribution is -2.44. The van der Waals surface area contributed by atoms with Crippen molar-refractivity contribution in [3.05, 3.63) is 71.5 Å². The molecule has 4 aromatic rings. The van der Waals surface area contributed by atoms with Crippen molar-refractivity contribution in [2.24, 2.45) is 0 Å². The monoisotopic (exact) mass is 489 g/mol. The molecule has 1 aliphatic heterocycles. The van der Waals surface area contributed by atoms with Gasteiger partial charge in [0.15, 0.2) is 0 Å². The summed E-state index contributed by atoms with van der Waals surface area (Å²) in [4.78, 5) is 18.2. The quantitative estimate of drug-likeness (QED) is 0.407. The average molecular weight is 490 g/mol. The van der Waals surface area contributed by atoms with Crippen molar-refractivity contribution in [3.8, 4) is 0 Å². The third-order valence-corrected chi connectivity index (χ3v) is 6.18. The second kappa shape index (κ2) is 9.10. The second-order valence-corrected chi connectivity index (χ2v) is 8.74. The molecule has 1 saturated heterocycles. The van der Waals surface area contributed by atoms with Gasteiger partial charge in [0.25, 0.3) is 0 Å². The predicted octanol–water partition coefficient (Wildman–Crippen LogP) is 5.03. The number of nitrogens with one attached hydrogen (secondary N) is 2. The molecule has 162 valence electrons. The number of nitrogens with zero attached hydrogens (tertiary/aromatic N) is 5. The van der Waals surface area contributed by atoms with Crippen LogP contribution in [0.5, 0.6) is 0 Å². The summed E-state index contributed by atoms with van der Waals surface area (Å²) >= 11 is 3.54. The van der Waals surface area contributed by atoms with Crippen molar-refractivity contribution >= 4 is 55.7 Å². The van der Waals surface area contributed by atoms with Gasteiger partial charge in [-0.2, -0.15) is 4.98 Å². The Labute approximate surface area is 195 Å². The molecule has 1 aliphatic rings. The van der Waals surface area contributed by atoms with Crippen molar-refractivity contribution < 1.29 is 0 Å². The van der Waals surface area contributed by atoms with Crippen LogP contribution in [-0.4, -0.2) is 53.1 Å². The van der Waals surface area contributed by atoms with Crippen molar-refractivity contribution in [2.45, 2.75) is 0 Å². The SMILES string of the molecule is CN1CCN(c2ccc(Nc3ncc(Br)c(Nc4ccc5ncccc5c4)n3)cc2)CC1. The number of hydrogen-bond donors (Lipinski definition) is 2. The first kappa shape index (κ1) is 20.7. The highest BCUT2D eigenvalue weighted by atomic mass is 79.9. The highest BCUT2D eigenvalue weighted by Gasteiger charge is 2.14. The standard InChI is InChI=1S/C24H24BrN7/c1-31-11-13-32(14-12-31)20-7-4-18(5-8-20)29-24-27-16-21(25)23(30-24)28-19-6-9-22-17(15-19)3-2-10-26-22/h2-10,15-16H,11-14H2,1H3,(H2,27,28,29,30). The molecular formula is C24H24BrN7. The minimum atomic E-state index is 0.533. The second-order valence-electron chi connectivity index (χ2n) is 7.89. The van der Waals surface area contributed by atoms with E-state index in [1.807, 2.05) is 24.3 Å². The Kier molecular flexibility index (Phi) is 5.87. The van der Waals surface area contributed by atoms with Gasteiger partial charge in [0.2, 0.25) is 5.95 Å². The van der Waals surface area contributed by atoms with E-state index in [4.69, 9.17) is 0 Å². The minimum Gasteiger partial charge on any atom is -0.369 e. The maximum atomic E-state index is 4.65. The molecule has 0 aliphatic carbocycles. The van der Waals surface area contributed by atoms with Crippen LogP contribution in [-0.2, 0) is 0 Å².